The fourth-order valence-corrected chi connectivity index (χ4v) is 2.59. The number of anilines is 1. The van der Waals surface area contributed by atoms with Crippen LogP contribution in [0.5, 0.6) is 0 Å². The van der Waals surface area contributed by atoms with Gasteiger partial charge in [0.1, 0.15) is 0 Å². The van der Waals surface area contributed by atoms with Crippen LogP contribution in [0.25, 0.3) is 10.8 Å². The number of nitrogens with one attached hydrogen (secondary N) is 1. The van der Waals surface area contributed by atoms with Crippen LogP contribution in [0.3, 0.4) is 0 Å². The normalized spacial score (nSPS) is 11.5. The Morgan fingerprint density at radius 1 is 1.04 bits per heavy atom. The molecule has 0 bridgehead atoms. The first-order valence-electron chi connectivity index (χ1n) is 7.54. The smallest absolute Gasteiger partial charge is 0.332 e. The van der Waals surface area contributed by atoms with Crippen LogP contribution in [-0.2, 0) is 9.53 Å². The van der Waals surface area contributed by atoms with Gasteiger partial charge in [-0.1, -0.05) is 36.4 Å². The van der Waals surface area contributed by atoms with Crippen molar-refractivity contribution in [3.05, 3.63) is 77.9 Å². The van der Waals surface area contributed by atoms with Gasteiger partial charge in [0, 0.05) is 5.69 Å². The molecule has 3 aromatic rings. The van der Waals surface area contributed by atoms with Crippen LogP contribution in [0.1, 0.15) is 17.2 Å². The molecule has 0 saturated heterocycles. The SMILES string of the molecule is COC(=O)C(Nc1ccc(C#N)cc1)c1ccc2ccccc2c1. The number of methoxy groups -OCH3 is 1. The van der Waals surface area contributed by atoms with Gasteiger partial charge in [-0.25, -0.2) is 4.79 Å². The van der Waals surface area contributed by atoms with Crippen molar-refractivity contribution >= 4 is 22.4 Å². The second-order valence-electron chi connectivity index (χ2n) is 5.40. The van der Waals surface area contributed by atoms with Crippen molar-refractivity contribution < 1.29 is 9.53 Å². The van der Waals surface area contributed by atoms with E-state index >= 15 is 0 Å². The first-order chi connectivity index (χ1) is 11.7. The van der Waals surface area contributed by atoms with E-state index in [0.29, 0.717) is 5.56 Å². The molecule has 3 aromatic carbocycles. The number of esters is 1. The molecule has 0 aromatic heterocycles. The molecule has 4 heteroatoms. The topological polar surface area (TPSA) is 62.1 Å². The van der Waals surface area contributed by atoms with Gasteiger partial charge in [0.25, 0.3) is 0 Å². The van der Waals surface area contributed by atoms with Crippen LogP contribution in [0.4, 0.5) is 5.69 Å². The molecule has 1 atom stereocenters. The predicted molar refractivity (Wildman–Crippen MR) is 93.5 cm³/mol. The molecule has 0 saturated carbocycles. The third-order valence-corrected chi connectivity index (χ3v) is 3.87. The van der Waals surface area contributed by atoms with Gasteiger partial charge in [-0.2, -0.15) is 5.26 Å². The van der Waals surface area contributed by atoms with E-state index in [1.54, 1.807) is 24.3 Å². The van der Waals surface area contributed by atoms with Gasteiger partial charge in [-0.15, -0.1) is 0 Å². The Balaban J connectivity index is 1.95. The van der Waals surface area contributed by atoms with Gasteiger partial charge in [-0.05, 0) is 46.7 Å². The van der Waals surface area contributed by atoms with E-state index in [1.807, 2.05) is 42.5 Å². The minimum atomic E-state index is -0.618. The van der Waals surface area contributed by atoms with Crippen LogP contribution in [0, 0.1) is 11.3 Å². The third kappa shape index (κ3) is 3.21. The minimum absolute atomic E-state index is 0.366. The average Bonchev–Trinajstić information content (AvgIpc) is 2.65. The summed E-state index contributed by atoms with van der Waals surface area (Å²) in [5.41, 5.74) is 2.14. The lowest BCUT2D eigenvalue weighted by molar-refractivity contribution is -0.141. The Morgan fingerprint density at radius 3 is 2.42 bits per heavy atom. The fraction of sp³-hybridized carbons (Fsp3) is 0.100. The zero-order valence-corrected chi connectivity index (χ0v) is 13.2. The Morgan fingerprint density at radius 2 is 1.75 bits per heavy atom. The molecule has 0 radical (unpaired) electrons. The Hall–Kier alpha value is -3.32. The molecule has 0 spiro atoms. The summed E-state index contributed by atoms with van der Waals surface area (Å²) in [4.78, 5) is 12.2. The first kappa shape index (κ1) is 15.6. The van der Waals surface area contributed by atoms with Crippen molar-refractivity contribution in [3.63, 3.8) is 0 Å². The molecule has 0 fully saturated rings. The van der Waals surface area contributed by atoms with E-state index in [4.69, 9.17) is 10.00 Å². The van der Waals surface area contributed by atoms with Gasteiger partial charge in [0.05, 0.1) is 18.7 Å². The van der Waals surface area contributed by atoms with Crippen LogP contribution in [-0.4, -0.2) is 13.1 Å². The van der Waals surface area contributed by atoms with Gasteiger partial charge in [0.15, 0.2) is 6.04 Å². The number of hydrogen-bond acceptors (Lipinski definition) is 4. The quantitative estimate of drug-likeness (QED) is 0.738. The second kappa shape index (κ2) is 6.84. The van der Waals surface area contributed by atoms with E-state index in [0.717, 1.165) is 22.0 Å². The molecule has 1 N–H and O–H groups in total. The summed E-state index contributed by atoms with van der Waals surface area (Å²) < 4.78 is 4.94. The van der Waals surface area contributed by atoms with E-state index in [9.17, 15) is 4.79 Å². The molecule has 1 unspecified atom stereocenters. The molecular weight excluding hydrogens is 300 g/mol. The lowest BCUT2D eigenvalue weighted by Gasteiger charge is -2.18. The standard InChI is InChI=1S/C20H16N2O2/c1-24-20(23)19(22-18-10-6-14(13-21)7-11-18)17-9-8-15-4-2-3-5-16(15)12-17/h2-12,19,22H,1H3. The molecule has 0 aliphatic carbocycles. The summed E-state index contributed by atoms with van der Waals surface area (Å²) in [6.45, 7) is 0. The molecule has 0 aliphatic rings. The number of fused-ring (bicyclic) bond motifs is 1. The van der Waals surface area contributed by atoms with E-state index in [2.05, 4.69) is 11.4 Å². The van der Waals surface area contributed by atoms with Crippen LogP contribution < -0.4 is 5.32 Å². The number of rotatable bonds is 4. The van der Waals surface area contributed by atoms with Gasteiger partial charge in [-0.3, -0.25) is 0 Å². The van der Waals surface area contributed by atoms with Crippen molar-refractivity contribution in [2.75, 3.05) is 12.4 Å². The lowest BCUT2D eigenvalue weighted by atomic mass is 10.0. The molecular formula is C20H16N2O2. The maximum atomic E-state index is 12.2. The van der Waals surface area contributed by atoms with Crippen LogP contribution in [0.2, 0.25) is 0 Å². The molecule has 3 rings (SSSR count). The number of carbonyl (C=O) groups is 1. The number of benzene rings is 3. The molecule has 118 valence electrons. The number of ether oxygens (including phenoxy) is 1. The number of nitrogens with zero attached hydrogens (tertiary/aromatic N) is 1. The third-order valence-electron chi connectivity index (χ3n) is 3.87. The maximum Gasteiger partial charge on any atom is 0.332 e. The van der Waals surface area contributed by atoms with Crippen LogP contribution >= 0.6 is 0 Å². The van der Waals surface area contributed by atoms with Gasteiger partial charge >= 0.3 is 5.97 Å². The van der Waals surface area contributed by atoms with Crippen molar-refractivity contribution in [2.45, 2.75) is 6.04 Å². The van der Waals surface area contributed by atoms with Crippen molar-refractivity contribution in [1.82, 2.24) is 0 Å². The van der Waals surface area contributed by atoms with Crippen LogP contribution in [0.15, 0.2) is 66.7 Å². The lowest BCUT2D eigenvalue weighted by Crippen LogP contribution is -2.22. The Kier molecular flexibility index (Phi) is 4.44. The van der Waals surface area contributed by atoms with E-state index in [1.165, 1.54) is 7.11 Å². The highest BCUT2D eigenvalue weighted by molar-refractivity contribution is 5.87. The highest BCUT2D eigenvalue weighted by Gasteiger charge is 2.21. The number of hydrogen-bond donors (Lipinski definition) is 1. The predicted octanol–water partition coefficient (Wildman–Crippen LogP) is 4.04. The average molecular weight is 316 g/mol. The van der Waals surface area contributed by atoms with Crippen molar-refractivity contribution in [3.8, 4) is 6.07 Å². The molecule has 0 aliphatic heterocycles. The summed E-state index contributed by atoms with van der Waals surface area (Å²) in [6, 6.07) is 22.3. The van der Waals surface area contributed by atoms with Gasteiger partial charge in [0.2, 0.25) is 0 Å². The molecule has 0 heterocycles. The highest BCUT2D eigenvalue weighted by Crippen LogP contribution is 2.25. The van der Waals surface area contributed by atoms with E-state index < -0.39 is 6.04 Å². The summed E-state index contributed by atoms with van der Waals surface area (Å²) in [7, 11) is 1.37. The van der Waals surface area contributed by atoms with E-state index in [-0.39, 0.29) is 5.97 Å². The maximum absolute atomic E-state index is 12.2. The largest absolute Gasteiger partial charge is 0.467 e. The Bertz CT molecular complexity index is 911. The summed E-state index contributed by atoms with van der Waals surface area (Å²) in [6.07, 6.45) is 0. The second-order valence-corrected chi connectivity index (χ2v) is 5.40. The zero-order valence-electron chi connectivity index (χ0n) is 13.2. The summed E-state index contributed by atoms with van der Waals surface area (Å²) >= 11 is 0. The zero-order chi connectivity index (χ0) is 16.9. The molecule has 24 heavy (non-hydrogen) atoms. The summed E-state index contributed by atoms with van der Waals surface area (Å²) in [5.74, 6) is -0.366. The van der Waals surface area contributed by atoms with Crippen molar-refractivity contribution in [1.29, 1.82) is 5.26 Å². The monoisotopic (exact) mass is 316 g/mol. The minimum Gasteiger partial charge on any atom is -0.467 e. The Labute approximate surface area is 140 Å². The fourth-order valence-electron chi connectivity index (χ4n) is 2.59. The highest BCUT2D eigenvalue weighted by atomic mass is 16.5. The van der Waals surface area contributed by atoms with Gasteiger partial charge < -0.3 is 10.1 Å². The molecule has 0 amide bonds. The van der Waals surface area contributed by atoms with Crippen molar-refractivity contribution in [2.24, 2.45) is 0 Å². The number of nitriles is 1. The number of carbonyl (C=O) groups excluding carboxylic acids is 1. The summed E-state index contributed by atoms with van der Waals surface area (Å²) in [5, 5.41) is 14.2. The molecule has 4 nitrogen and oxygen atoms in total. The first-order valence-corrected chi connectivity index (χ1v) is 7.54.